The molecular weight excluding hydrogens is 638 g/mol. The largest absolute Gasteiger partial charge is 0.467 e. The van der Waals surface area contributed by atoms with Gasteiger partial charge in [0.2, 0.25) is 11.8 Å². The fourth-order valence-electron chi connectivity index (χ4n) is 6.74. The van der Waals surface area contributed by atoms with E-state index in [-0.39, 0.29) is 37.1 Å². The van der Waals surface area contributed by atoms with Crippen molar-refractivity contribution in [1.82, 2.24) is 10.6 Å². The number of ether oxygens (including phenoxy) is 3. The number of aliphatic hydroxyl groups excluding tert-OH is 1. The first-order valence-corrected chi connectivity index (χ1v) is 17.3. The number of aliphatic hydroxyl groups is 1. The number of hydrogen-bond acceptors (Lipinski definition) is 8. The number of benzene rings is 3. The van der Waals surface area contributed by atoms with Gasteiger partial charge in [-0.1, -0.05) is 68.4 Å². The fourth-order valence-corrected chi connectivity index (χ4v) is 6.74. The Bertz CT molecular complexity index is 1650. The molecule has 3 aromatic rings. The van der Waals surface area contributed by atoms with Gasteiger partial charge in [0.1, 0.15) is 18.7 Å². The number of methoxy groups -OCH3 is 1. The number of rotatable bonds is 13. The summed E-state index contributed by atoms with van der Waals surface area (Å²) in [5.41, 5.74) is 6.50. The maximum absolute atomic E-state index is 13.3. The maximum atomic E-state index is 13.3. The summed E-state index contributed by atoms with van der Waals surface area (Å²) in [5, 5.41) is 18.2. The molecule has 4 N–H and O–H groups in total. The van der Waals surface area contributed by atoms with Crippen LogP contribution >= 0.6 is 0 Å². The van der Waals surface area contributed by atoms with Crippen molar-refractivity contribution < 1.29 is 38.5 Å². The molecule has 3 amide bonds. The monoisotopic (exact) mass is 685 g/mol. The van der Waals surface area contributed by atoms with E-state index in [1.54, 1.807) is 39.0 Å². The van der Waals surface area contributed by atoms with Crippen LogP contribution in [0.4, 0.5) is 10.5 Å². The van der Waals surface area contributed by atoms with E-state index in [0.717, 1.165) is 46.2 Å². The molecule has 4 atom stereocenters. The smallest absolute Gasteiger partial charge is 0.407 e. The van der Waals surface area contributed by atoms with Gasteiger partial charge < -0.3 is 35.3 Å². The Kier molecular flexibility index (Phi) is 12.3. The van der Waals surface area contributed by atoms with Gasteiger partial charge >= 0.3 is 12.1 Å². The molecule has 11 heteroatoms. The average molecular weight is 686 g/mol. The van der Waals surface area contributed by atoms with E-state index < -0.39 is 36.1 Å². The lowest BCUT2D eigenvalue weighted by atomic mass is 9.96. The van der Waals surface area contributed by atoms with Crippen LogP contribution < -0.4 is 16.0 Å². The number of anilines is 1. The van der Waals surface area contributed by atoms with Gasteiger partial charge in [-0.25, -0.2) is 9.59 Å². The van der Waals surface area contributed by atoms with Crippen LogP contribution in [0.2, 0.25) is 0 Å². The molecule has 1 aliphatic carbocycles. The van der Waals surface area contributed by atoms with Crippen molar-refractivity contribution in [3.05, 3.63) is 89.0 Å². The molecule has 5 rings (SSSR count). The van der Waals surface area contributed by atoms with Crippen molar-refractivity contribution in [2.24, 2.45) is 5.92 Å². The molecule has 1 heterocycles. The summed E-state index contributed by atoms with van der Waals surface area (Å²) in [6.07, 6.45) is 2.11. The molecule has 266 valence electrons. The number of nitrogens with one attached hydrogen (secondary N) is 3. The second-order valence-corrected chi connectivity index (χ2v) is 13.3. The molecule has 11 nitrogen and oxygen atoms in total. The van der Waals surface area contributed by atoms with Gasteiger partial charge in [0.15, 0.2) is 6.10 Å². The summed E-state index contributed by atoms with van der Waals surface area (Å²) in [5.74, 6) is -1.72. The summed E-state index contributed by atoms with van der Waals surface area (Å²) < 4.78 is 16.4. The van der Waals surface area contributed by atoms with Crippen LogP contribution in [0.25, 0.3) is 11.1 Å². The first kappa shape index (κ1) is 36.5. The van der Waals surface area contributed by atoms with Crippen LogP contribution in [0.5, 0.6) is 0 Å². The summed E-state index contributed by atoms with van der Waals surface area (Å²) in [6.45, 7) is 5.12. The zero-order valence-corrected chi connectivity index (χ0v) is 29.1. The minimum atomic E-state index is -0.933. The molecule has 1 saturated heterocycles. The standard InChI is InChI=1S/C39H47N3O8/c1-23(2)35(42-39(47)49-22-33-31-13-7-5-11-29(31)30-12-6-8-14-32(30)33)37(45)40-24(3)36(44)41-27-18-16-26(21-43)25(20-27)17-19-28-10-9-15-34(50-28)38(46)48-4/h5-8,11-14,16,18,20,23-24,28,33-35,43H,9-10,15,17,19,21-22H2,1-4H3,(H,40,45)(H,41,44)(H,42,47)/t24-,28-,34-,35-/m0/s1. The molecular formula is C39H47N3O8. The highest BCUT2D eigenvalue weighted by Crippen LogP contribution is 2.44. The van der Waals surface area contributed by atoms with Crippen LogP contribution in [0.15, 0.2) is 66.7 Å². The van der Waals surface area contributed by atoms with Gasteiger partial charge in [0.25, 0.3) is 0 Å². The number of fused-ring (bicyclic) bond motifs is 3. The van der Waals surface area contributed by atoms with Gasteiger partial charge in [-0.2, -0.15) is 0 Å². The number of aryl methyl sites for hydroxylation is 1. The second kappa shape index (κ2) is 16.8. The maximum Gasteiger partial charge on any atom is 0.407 e. The molecule has 50 heavy (non-hydrogen) atoms. The van der Waals surface area contributed by atoms with Crippen molar-refractivity contribution in [3.63, 3.8) is 0 Å². The molecule has 0 unspecified atom stereocenters. The average Bonchev–Trinajstić information content (AvgIpc) is 3.45. The number of esters is 1. The minimum absolute atomic E-state index is 0.115. The molecule has 1 fully saturated rings. The van der Waals surface area contributed by atoms with E-state index in [9.17, 15) is 24.3 Å². The van der Waals surface area contributed by atoms with Crippen LogP contribution in [0.1, 0.15) is 74.6 Å². The van der Waals surface area contributed by atoms with E-state index in [1.165, 1.54) is 7.11 Å². The Morgan fingerprint density at radius 2 is 1.56 bits per heavy atom. The Labute approximate surface area is 293 Å². The number of carbonyl (C=O) groups excluding carboxylic acids is 4. The van der Waals surface area contributed by atoms with Gasteiger partial charge in [-0.15, -0.1) is 0 Å². The van der Waals surface area contributed by atoms with Gasteiger partial charge in [-0.05, 0) is 90.5 Å². The summed E-state index contributed by atoms with van der Waals surface area (Å²) >= 11 is 0. The Morgan fingerprint density at radius 1 is 0.880 bits per heavy atom. The van der Waals surface area contributed by atoms with Crippen LogP contribution in [-0.4, -0.2) is 67.0 Å². The topological polar surface area (TPSA) is 152 Å². The first-order valence-electron chi connectivity index (χ1n) is 17.3. The van der Waals surface area contributed by atoms with Crippen molar-refractivity contribution in [2.45, 2.75) is 89.7 Å². The highest BCUT2D eigenvalue weighted by Gasteiger charge is 2.32. The van der Waals surface area contributed by atoms with Gasteiger partial charge in [0.05, 0.1) is 19.8 Å². The number of hydrogen-bond donors (Lipinski definition) is 4. The quantitative estimate of drug-likeness (QED) is 0.179. The van der Waals surface area contributed by atoms with E-state index in [2.05, 4.69) is 28.1 Å². The fraction of sp³-hybridized carbons (Fsp3) is 0.436. The lowest BCUT2D eigenvalue weighted by Crippen LogP contribution is -2.53. The van der Waals surface area contributed by atoms with E-state index in [4.69, 9.17) is 14.2 Å². The Balaban J connectivity index is 1.14. The molecule has 2 aliphatic rings. The van der Waals surface area contributed by atoms with E-state index in [1.807, 2.05) is 36.4 Å². The van der Waals surface area contributed by atoms with Crippen LogP contribution in [0, 0.1) is 5.92 Å². The number of carbonyl (C=O) groups is 4. The Morgan fingerprint density at radius 3 is 2.20 bits per heavy atom. The summed E-state index contributed by atoms with van der Waals surface area (Å²) in [6, 6.07) is 19.5. The van der Waals surface area contributed by atoms with Crippen molar-refractivity contribution >= 4 is 29.6 Å². The molecule has 0 bridgehead atoms. The lowest BCUT2D eigenvalue weighted by Gasteiger charge is -2.28. The molecule has 0 spiro atoms. The van der Waals surface area contributed by atoms with Crippen LogP contribution in [-0.2, 0) is 41.6 Å². The minimum Gasteiger partial charge on any atom is -0.467 e. The normalized spacial score (nSPS) is 18.0. The Hall–Kier alpha value is -4.74. The zero-order valence-electron chi connectivity index (χ0n) is 29.1. The van der Waals surface area contributed by atoms with Crippen LogP contribution in [0.3, 0.4) is 0 Å². The SMILES string of the molecule is COC(=O)[C@@H]1CCC[C@@H](CCc2cc(NC(=O)[C@H](C)NC(=O)[C@@H](NC(=O)OCC3c4ccccc4-c4ccccc43)C(C)C)ccc2CO)O1. The van der Waals surface area contributed by atoms with E-state index >= 15 is 0 Å². The molecule has 3 aromatic carbocycles. The van der Waals surface area contributed by atoms with Crippen molar-refractivity contribution in [3.8, 4) is 11.1 Å². The number of amides is 3. The predicted octanol–water partition coefficient (Wildman–Crippen LogP) is 5.23. The summed E-state index contributed by atoms with van der Waals surface area (Å²) in [7, 11) is 1.35. The summed E-state index contributed by atoms with van der Waals surface area (Å²) in [4.78, 5) is 51.4. The molecule has 0 saturated carbocycles. The molecule has 0 aromatic heterocycles. The van der Waals surface area contributed by atoms with Crippen molar-refractivity contribution in [1.29, 1.82) is 0 Å². The molecule has 0 radical (unpaired) electrons. The van der Waals surface area contributed by atoms with Gasteiger partial charge in [0, 0.05) is 11.6 Å². The number of alkyl carbamates (subject to hydrolysis) is 1. The third-order valence-electron chi connectivity index (χ3n) is 9.51. The predicted molar refractivity (Wildman–Crippen MR) is 188 cm³/mol. The third-order valence-corrected chi connectivity index (χ3v) is 9.51. The highest BCUT2D eigenvalue weighted by molar-refractivity contribution is 5.98. The highest BCUT2D eigenvalue weighted by atomic mass is 16.6. The van der Waals surface area contributed by atoms with Gasteiger partial charge in [-0.3, -0.25) is 9.59 Å². The van der Waals surface area contributed by atoms with E-state index in [0.29, 0.717) is 24.9 Å². The third kappa shape index (κ3) is 8.70. The lowest BCUT2D eigenvalue weighted by molar-refractivity contribution is -0.163. The zero-order chi connectivity index (χ0) is 35.8. The second-order valence-electron chi connectivity index (χ2n) is 13.3. The molecule has 1 aliphatic heterocycles. The first-order chi connectivity index (χ1) is 24.1. The van der Waals surface area contributed by atoms with Crippen molar-refractivity contribution in [2.75, 3.05) is 19.0 Å².